The van der Waals surface area contributed by atoms with E-state index >= 15 is 0 Å². The van der Waals surface area contributed by atoms with Crippen molar-refractivity contribution >= 4 is 11.6 Å². The number of halogens is 1. The van der Waals surface area contributed by atoms with Gasteiger partial charge in [0.05, 0.1) is 6.61 Å². The maximum absolute atomic E-state index is 6.19. The molecule has 0 N–H and O–H groups in total. The lowest BCUT2D eigenvalue weighted by Crippen LogP contribution is -2.15. The normalized spacial score (nSPS) is 29.8. The molecule has 0 saturated carbocycles. The van der Waals surface area contributed by atoms with E-state index in [2.05, 4.69) is 13.8 Å². The van der Waals surface area contributed by atoms with Gasteiger partial charge in [-0.25, -0.2) is 0 Å². The number of hydrogen-bond acceptors (Lipinski definition) is 1. The first kappa shape index (κ1) is 14.3. The van der Waals surface area contributed by atoms with Gasteiger partial charge in [0.1, 0.15) is 5.56 Å². The van der Waals surface area contributed by atoms with Crippen LogP contribution in [0.15, 0.2) is 0 Å². The summed E-state index contributed by atoms with van der Waals surface area (Å²) in [4.78, 5) is 0. The second-order valence-electron chi connectivity index (χ2n) is 5.07. The molecule has 1 saturated heterocycles. The third-order valence-corrected chi connectivity index (χ3v) is 4.28. The average molecular weight is 247 g/mol. The van der Waals surface area contributed by atoms with Crippen molar-refractivity contribution in [1.82, 2.24) is 0 Å². The first-order chi connectivity index (χ1) is 7.79. The number of unbranched alkanes of at least 4 members (excludes halogenated alkanes) is 5. The number of rotatable bonds is 8. The molecular formula is C14H27ClO. The van der Waals surface area contributed by atoms with Crippen molar-refractivity contribution in [3.8, 4) is 0 Å². The highest BCUT2D eigenvalue weighted by molar-refractivity contribution is 6.20. The van der Waals surface area contributed by atoms with E-state index in [0.29, 0.717) is 11.8 Å². The Balaban J connectivity index is 2.06. The SMILES string of the molecule is CCCCCCCCC1C(CC)COC1Cl. The van der Waals surface area contributed by atoms with Gasteiger partial charge in [-0.05, 0) is 12.3 Å². The van der Waals surface area contributed by atoms with Gasteiger partial charge in [-0.15, -0.1) is 0 Å². The maximum Gasteiger partial charge on any atom is 0.134 e. The third-order valence-electron chi connectivity index (χ3n) is 3.83. The summed E-state index contributed by atoms with van der Waals surface area (Å²) in [5.41, 5.74) is -0.0133. The molecule has 0 aromatic rings. The zero-order valence-corrected chi connectivity index (χ0v) is 11.6. The molecule has 0 aliphatic carbocycles. The van der Waals surface area contributed by atoms with E-state index in [1.165, 1.54) is 51.4 Å². The molecule has 0 spiro atoms. The van der Waals surface area contributed by atoms with Gasteiger partial charge in [-0.2, -0.15) is 0 Å². The highest BCUT2D eigenvalue weighted by Crippen LogP contribution is 2.35. The molecule has 0 aromatic carbocycles. The molecule has 0 radical (unpaired) electrons. The first-order valence-electron chi connectivity index (χ1n) is 7.05. The first-order valence-corrected chi connectivity index (χ1v) is 7.48. The predicted molar refractivity (Wildman–Crippen MR) is 70.9 cm³/mol. The van der Waals surface area contributed by atoms with Crippen LogP contribution in [-0.4, -0.2) is 12.2 Å². The summed E-state index contributed by atoms with van der Waals surface area (Å²) in [5, 5.41) is 0. The third kappa shape index (κ3) is 4.63. The molecule has 3 atom stereocenters. The highest BCUT2D eigenvalue weighted by atomic mass is 35.5. The van der Waals surface area contributed by atoms with Crippen LogP contribution in [-0.2, 0) is 4.74 Å². The Labute approximate surface area is 106 Å². The predicted octanol–water partition coefficient (Wildman–Crippen LogP) is 4.97. The second kappa shape index (κ2) is 8.36. The van der Waals surface area contributed by atoms with Crippen molar-refractivity contribution in [2.45, 2.75) is 70.8 Å². The fraction of sp³-hybridized carbons (Fsp3) is 1.00. The summed E-state index contributed by atoms with van der Waals surface area (Å²) in [6.07, 6.45) is 10.7. The minimum absolute atomic E-state index is 0.0133. The van der Waals surface area contributed by atoms with Crippen molar-refractivity contribution < 1.29 is 4.74 Å². The zero-order chi connectivity index (χ0) is 11.8. The largest absolute Gasteiger partial charge is 0.362 e. The van der Waals surface area contributed by atoms with Gasteiger partial charge in [-0.3, -0.25) is 0 Å². The Morgan fingerprint density at radius 2 is 1.75 bits per heavy atom. The van der Waals surface area contributed by atoms with Crippen LogP contribution in [0.25, 0.3) is 0 Å². The smallest absolute Gasteiger partial charge is 0.134 e. The molecule has 1 aliphatic rings. The second-order valence-corrected chi connectivity index (χ2v) is 5.50. The van der Waals surface area contributed by atoms with Crippen LogP contribution in [0.4, 0.5) is 0 Å². The fourth-order valence-corrected chi connectivity index (χ4v) is 3.03. The molecule has 1 aliphatic heterocycles. The van der Waals surface area contributed by atoms with Crippen LogP contribution >= 0.6 is 11.6 Å². The van der Waals surface area contributed by atoms with Gasteiger partial charge >= 0.3 is 0 Å². The molecule has 1 nitrogen and oxygen atoms in total. The Morgan fingerprint density at radius 1 is 1.06 bits per heavy atom. The van der Waals surface area contributed by atoms with E-state index in [0.717, 1.165) is 6.61 Å². The van der Waals surface area contributed by atoms with Crippen molar-refractivity contribution in [2.24, 2.45) is 11.8 Å². The van der Waals surface area contributed by atoms with Crippen LogP contribution in [0.5, 0.6) is 0 Å². The van der Waals surface area contributed by atoms with Gasteiger partial charge in [0.15, 0.2) is 0 Å². The van der Waals surface area contributed by atoms with Crippen LogP contribution in [0.1, 0.15) is 65.2 Å². The molecule has 16 heavy (non-hydrogen) atoms. The van der Waals surface area contributed by atoms with E-state index in [1.807, 2.05) is 0 Å². The Morgan fingerprint density at radius 3 is 2.44 bits per heavy atom. The van der Waals surface area contributed by atoms with Crippen molar-refractivity contribution in [3.05, 3.63) is 0 Å². The van der Waals surface area contributed by atoms with E-state index in [4.69, 9.17) is 16.3 Å². The fourth-order valence-electron chi connectivity index (χ4n) is 2.62. The topological polar surface area (TPSA) is 9.23 Å². The molecule has 1 rings (SSSR count). The van der Waals surface area contributed by atoms with Crippen molar-refractivity contribution in [3.63, 3.8) is 0 Å². The lowest BCUT2D eigenvalue weighted by molar-refractivity contribution is 0.148. The number of alkyl halides is 1. The van der Waals surface area contributed by atoms with E-state index < -0.39 is 0 Å². The minimum Gasteiger partial charge on any atom is -0.362 e. The van der Waals surface area contributed by atoms with Crippen molar-refractivity contribution in [2.75, 3.05) is 6.61 Å². The van der Waals surface area contributed by atoms with Gasteiger partial charge < -0.3 is 4.74 Å². The lowest BCUT2D eigenvalue weighted by atomic mass is 9.88. The monoisotopic (exact) mass is 246 g/mol. The summed E-state index contributed by atoms with van der Waals surface area (Å²) >= 11 is 6.19. The molecule has 0 bridgehead atoms. The standard InChI is InChI=1S/C14H27ClO/c1-3-5-6-7-8-9-10-13-12(4-2)11-16-14(13)15/h12-14H,3-11H2,1-2H3. The highest BCUT2D eigenvalue weighted by Gasteiger charge is 2.33. The average Bonchev–Trinajstić information content (AvgIpc) is 2.65. The number of hydrogen-bond donors (Lipinski definition) is 0. The summed E-state index contributed by atoms with van der Waals surface area (Å²) in [6.45, 7) is 5.39. The Hall–Kier alpha value is 0.250. The van der Waals surface area contributed by atoms with E-state index in [1.54, 1.807) is 0 Å². The molecule has 1 heterocycles. The summed E-state index contributed by atoms with van der Waals surface area (Å²) < 4.78 is 5.53. The van der Waals surface area contributed by atoms with E-state index in [9.17, 15) is 0 Å². The minimum atomic E-state index is -0.0133. The number of ether oxygens (including phenoxy) is 1. The molecule has 96 valence electrons. The van der Waals surface area contributed by atoms with Crippen LogP contribution in [0.2, 0.25) is 0 Å². The molecule has 1 fully saturated rings. The van der Waals surface area contributed by atoms with Crippen LogP contribution < -0.4 is 0 Å². The lowest BCUT2D eigenvalue weighted by Gasteiger charge is -2.17. The van der Waals surface area contributed by atoms with Crippen molar-refractivity contribution in [1.29, 1.82) is 0 Å². The molecule has 0 aromatic heterocycles. The molecule has 3 unspecified atom stereocenters. The summed E-state index contributed by atoms with van der Waals surface area (Å²) in [5.74, 6) is 1.32. The van der Waals surface area contributed by atoms with Gasteiger partial charge in [0.2, 0.25) is 0 Å². The summed E-state index contributed by atoms with van der Waals surface area (Å²) in [6, 6.07) is 0. The van der Waals surface area contributed by atoms with Gasteiger partial charge in [0, 0.05) is 5.92 Å². The van der Waals surface area contributed by atoms with E-state index in [-0.39, 0.29) is 5.56 Å². The van der Waals surface area contributed by atoms with Gasteiger partial charge in [-0.1, -0.05) is 70.4 Å². The zero-order valence-electron chi connectivity index (χ0n) is 10.9. The van der Waals surface area contributed by atoms with Gasteiger partial charge in [0.25, 0.3) is 0 Å². The van der Waals surface area contributed by atoms with Crippen LogP contribution in [0.3, 0.4) is 0 Å². The van der Waals surface area contributed by atoms with Crippen LogP contribution in [0, 0.1) is 11.8 Å². The Bertz CT molecular complexity index is 172. The summed E-state index contributed by atoms with van der Waals surface area (Å²) in [7, 11) is 0. The molecule has 2 heteroatoms. The Kier molecular flexibility index (Phi) is 7.47. The molecular weight excluding hydrogens is 220 g/mol. The quantitative estimate of drug-likeness (QED) is 0.434. The molecule has 0 amide bonds. The maximum atomic E-state index is 6.19.